The Morgan fingerprint density at radius 1 is 0.870 bits per heavy atom. The molecule has 54 heavy (non-hydrogen) atoms. The van der Waals surface area contributed by atoms with Crippen LogP contribution in [0.3, 0.4) is 0 Å². The lowest BCUT2D eigenvalue weighted by atomic mass is 9.33. The fourth-order valence-corrected chi connectivity index (χ4v) is 16.6. The average Bonchev–Trinajstić information content (AvgIpc) is 3.48. The molecule has 0 amide bonds. The zero-order valence-corrected chi connectivity index (χ0v) is 35.6. The lowest BCUT2D eigenvalue weighted by molar-refractivity contribution is -0.221. The van der Waals surface area contributed by atoms with Gasteiger partial charge in [0.1, 0.15) is 9.84 Å². The fourth-order valence-electron chi connectivity index (χ4n) is 15.5. The van der Waals surface area contributed by atoms with Crippen molar-refractivity contribution in [3.8, 4) is 0 Å². The monoisotopic (exact) mass is 768 g/mol. The summed E-state index contributed by atoms with van der Waals surface area (Å²) in [5, 5.41) is 35.3. The van der Waals surface area contributed by atoms with Gasteiger partial charge < -0.3 is 20.6 Å². The summed E-state index contributed by atoms with van der Waals surface area (Å²) in [6, 6.07) is 0. The molecule has 0 bridgehead atoms. The number of aliphatic hydroxyl groups is 2. The highest BCUT2D eigenvalue weighted by atomic mass is 32.2. The number of aliphatic hydroxyl groups excluding tert-OH is 1. The maximum absolute atomic E-state index is 12.2. The molecule has 0 heterocycles. The van der Waals surface area contributed by atoms with Crippen LogP contribution >= 0.6 is 0 Å². The number of sulfone groups is 1. The zero-order chi connectivity index (χ0) is 39.3. The van der Waals surface area contributed by atoms with Crippen LogP contribution in [0.4, 0.5) is 0 Å². The number of carboxylic acids is 1. The third-order valence-corrected chi connectivity index (χ3v) is 20.6. The zero-order valence-electron chi connectivity index (χ0n) is 34.7. The van der Waals surface area contributed by atoms with Gasteiger partial charge >= 0.3 is 5.97 Å². The maximum atomic E-state index is 12.2. The van der Waals surface area contributed by atoms with Gasteiger partial charge in [-0.1, -0.05) is 58.9 Å². The van der Waals surface area contributed by atoms with Gasteiger partial charge in [0, 0.05) is 11.8 Å². The standard InChI is InChI=1S/C46H73NO6S/c1-30(2)33-15-24-46(47-28-27-45(51)22-13-32(14-23-45)54(8,52)53)26-25-42(6)35(38(33)46)9-10-37-41(5)18-16-34(40(3,4)36(41)17-19-43(37,42)7)31-11-20-44(29-48,21-12-31)39(49)50/h11,16,32-33,35-38,47-48,51H,1,9-10,12-15,17-29H2,2-8H3,(H,49,50)/t32?,33?,35-,36+,37-,38-,41+,42-,43-,44-,45?,46+/m1/s1. The summed E-state index contributed by atoms with van der Waals surface area (Å²) in [6.07, 6.45) is 21.4. The summed E-state index contributed by atoms with van der Waals surface area (Å²) in [6.45, 7) is 20.3. The second-order valence-electron chi connectivity index (χ2n) is 21.5. The van der Waals surface area contributed by atoms with E-state index in [1.54, 1.807) is 0 Å². The second-order valence-corrected chi connectivity index (χ2v) is 23.8. The van der Waals surface area contributed by atoms with Gasteiger partial charge in [0.05, 0.1) is 22.9 Å². The van der Waals surface area contributed by atoms with Gasteiger partial charge in [0.25, 0.3) is 0 Å². The number of allylic oxidation sites excluding steroid dienone is 5. The van der Waals surface area contributed by atoms with Crippen LogP contribution in [-0.4, -0.2) is 65.5 Å². The molecule has 0 aromatic carbocycles. The molecule has 0 spiro atoms. The molecule has 5 saturated carbocycles. The van der Waals surface area contributed by atoms with Crippen LogP contribution in [-0.2, 0) is 14.6 Å². The van der Waals surface area contributed by atoms with E-state index in [-0.39, 0.29) is 39.1 Å². The molecule has 304 valence electrons. The summed E-state index contributed by atoms with van der Waals surface area (Å²) in [4.78, 5) is 12.1. The molecular formula is C46H73NO6S. The van der Waals surface area contributed by atoms with Crippen molar-refractivity contribution in [2.45, 2.75) is 167 Å². The predicted molar refractivity (Wildman–Crippen MR) is 216 cm³/mol. The summed E-state index contributed by atoms with van der Waals surface area (Å²) < 4.78 is 24.4. The first-order chi connectivity index (χ1) is 25.1. The molecule has 0 aromatic heterocycles. The minimum Gasteiger partial charge on any atom is -0.481 e. The van der Waals surface area contributed by atoms with Crippen molar-refractivity contribution in [3.63, 3.8) is 0 Å². The third-order valence-electron chi connectivity index (χ3n) is 18.9. The molecule has 0 radical (unpaired) electrons. The van der Waals surface area contributed by atoms with Crippen molar-refractivity contribution in [1.29, 1.82) is 0 Å². The Hall–Kier alpha value is -1.48. The van der Waals surface area contributed by atoms with Crippen molar-refractivity contribution in [2.75, 3.05) is 19.4 Å². The summed E-state index contributed by atoms with van der Waals surface area (Å²) in [7, 11) is -3.07. The SMILES string of the molecule is C=C(C)C1CC[C@]2(NCCC3(O)CCC(S(C)(=O)=O)CC3)CC[C@]3(C)[C@H](CC[C@@H]4[C@@]5(C)CC=C(C6=CC[C@@](CO)(C(=O)O)CC6)C(C)(C)[C@@H]5CC[C@]43C)[C@@H]12. The Bertz CT molecular complexity index is 1690. The Morgan fingerprint density at radius 2 is 1.57 bits per heavy atom. The molecule has 7 rings (SSSR count). The normalized spacial score (nSPS) is 47.3. The van der Waals surface area contributed by atoms with Crippen LogP contribution in [0.2, 0.25) is 0 Å². The van der Waals surface area contributed by atoms with Crippen LogP contribution in [0.15, 0.2) is 35.5 Å². The predicted octanol–water partition coefficient (Wildman–Crippen LogP) is 8.80. The first kappa shape index (κ1) is 40.7. The molecule has 0 aliphatic heterocycles. The van der Waals surface area contributed by atoms with Gasteiger partial charge in [-0.2, -0.15) is 0 Å². The van der Waals surface area contributed by atoms with Gasteiger partial charge in [-0.15, -0.1) is 0 Å². The number of carbonyl (C=O) groups is 1. The highest BCUT2D eigenvalue weighted by Crippen LogP contribution is 2.76. The number of carboxylic acid groups (broad SMARTS) is 1. The van der Waals surface area contributed by atoms with Gasteiger partial charge in [-0.3, -0.25) is 4.79 Å². The topological polar surface area (TPSA) is 124 Å². The molecule has 5 fully saturated rings. The lowest BCUT2D eigenvalue weighted by Crippen LogP contribution is -2.68. The molecule has 8 heteroatoms. The molecule has 7 aliphatic rings. The summed E-state index contributed by atoms with van der Waals surface area (Å²) in [5.74, 6) is 1.98. The van der Waals surface area contributed by atoms with Crippen molar-refractivity contribution >= 4 is 15.8 Å². The number of rotatable bonds is 9. The smallest absolute Gasteiger partial charge is 0.312 e. The Morgan fingerprint density at radius 3 is 2.17 bits per heavy atom. The molecule has 10 atom stereocenters. The molecule has 4 N–H and O–H groups in total. The van der Waals surface area contributed by atoms with E-state index in [1.165, 1.54) is 74.3 Å². The van der Waals surface area contributed by atoms with Crippen LogP contribution in [0.1, 0.15) is 151 Å². The maximum Gasteiger partial charge on any atom is 0.312 e. The van der Waals surface area contributed by atoms with Gasteiger partial charge in [0.2, 0.25) is 0 Å². The summed E-state index contributed by atoms with van der Waals surface area (Å²) in [5.41, 5.74) is 2.96. The average molecular weight is 768 g/mol. The molecule has 0 saturated heterocycles. The number of hydrogen-bond donors (Lipinski definition) is 4. The molecule has 7 aliphatic carbocycles. The van der Waals surface area contributed by atoms with E-state index < -0.39 is 26.8 Å². The Balaban J connectivity index is 1.12. The number of hydrogen-bond acceptors (Lipinski definition) is 6. The van der Waals surface area contributed by atoms with E-state index >= 15 is 0 Å². The van der Waals surface area contributed by atoms with Crippen molar-refractivity contribution < 1.29 is 28.5 Å². The van der Waals surface area contributed by atoms with Gasteiger partial charge in [-0.25, -0.2) is 8.42 Å². The number of fused-ring (bicyclic) bond motifs is 7. The van der Waals surface area contributed by atoms with Crippen molar-refractivity contribution in [1.82, 2.24) is 5.32 Å². The van der Waals surface area contributed by atoms with E-state index in [1.807, 2.05) is 0 Å². The highest BCUT2D eigenvalue weighted by molar-refractivity contribution is 7.91. The van der Waals surface area contributed by atoms with Crippen LogP contribution in [0, 0.1) is 56.7 Å². The van der Waals surface area contributed by atoms with Crippen LogP contribution in [0.25, 0.3) is 0 Å². The van der Waals surface area contributed by atoms with E-state index in [4.69, 9.17) is 0 Å². The van der Waals surface area contributed by atoms with Crippen molar-refractivity contribution in [2.24, 2.45) is 56.7 Å². The fraction of sp³-hybridized carbons (Fsp3) is 0.848. The molecule has 7 nitrogen and oxygen atoms in total. The molecule has 1 unspecified atom stereocenters. The minimum absolute atomic E-state index is 0.00337. The molecule has 0 aromatic rings. The van der Waals surface area contributed by atoms with E-state index in [9.17, 15) is 28.5 Å². The second kappa shape index (κ2) is 13.5. The van der Waals surface area contributed by atoms with Gasteiger partial charge in [-0.05, 0) is 185 Å². The first-order valence-electron chi connectivity index (χ1n) is 21.7. The highest BCUT2D eigenvalue weighted by Gasteiger charge is 2.70. The lowest BCUT2D eigenvalue weighted by Gasteiger charge is -2.72. The minimum atomic E-state index is -3.07. The van der Waals surface area contributed by atoms with Crippen LogP contribution < -0.4 is 5.32 Å². The van der Waals surface area contributed by atoms with Crippen molar-refractivity contribution in [3.05, 3.63) is 35.5 Å². The Kier molecular flexibility index (Phi) is 10.2. The molecular weight excluding hydrogens is 695 g/mol. The quantitative estimate of drug-likeness (QED) is 0.173. The van der Waals surface area contributed by atoms with E-state index in [2.05, 4.69) is 65.6 Å². The first-order valence-corrected chi connectivity index (χ1v) is 23.6. The summed E-state index contributed by atoms with van der Waals surface area (Å²) >= 11 is 0. The van der Waals surface area contributed by atoms with Gasteiger partial charge in [0.15, 0.2) is 0 Å². The number of aliphatic carboxylic acids is 1. The largest absolute Gasteiger partial charge is 0.481 e. The van der Waals surface area contributed by atoms with E-state index in [0.29, 0.717) is 74.5 Å². The third kappa shape index (κ3) is 6.10. The Labute approximate surface area is 327 Å². The van der Waals surface area contributed by atoms with E-state index in [0.717, 1.165) is 19.4 Å². The number of nitrogens with one attached hydrogen (secondary N) is 1. The van der Waals surface area contributed by atoms with Crippen LogP contribution in [0.5, 0.6) is 0 Å².